The van der Waals surface area contributed by atoms with Crippen molar-refractivity contribution in [2.24, 2.45) is 0 Å². The van der Waals surface area contributed by atoms with E-state index in [1.54, 1.807) is 6.07 Å². The van der Waals surface area contributed by atoms with E-state index < -0.39 is 10.0 Å². The van der Waals surface area contributed by atoms with Crippen LogP contribution in [0.4, 0.5) is 0 Å². The monoisotopic (exact) mass is 332 g/mol. The zero-order valence-electron chi connectivity index (χ0n) is 12.4. The number of aromatic nitrogens is 3. The normalized spacial score (nSPS) is 20.1. The van der Waals surface area contributed by atoms with Crippen LogP contribution in [0.1, 0.15) is 24.6 Å². The van der Waals surface area contributed by atoms with Crippen LogP contribution in [0.15, 0.2) is 52.3 Å². The molecule has 1 aliphatic rings. The first-order chi connectivity index (χ1) is 11.2. The highest BCUT2D eigenvalue weighted by atomic mass is 32.2. The van der Waals surface area contributed by atoms with E-state index in [1.165, 1.54) is 16.6 Å². The van der Waals surface area contributed by atoms with Crippen LogP contribution >= 0.6 is 0 Å². The Morgan fingerprint density at radius 3 is 2.91 bits per heavy atom. The Bertz CT molecular complexity index is 917. The van der Waals surface area contributed by atoms with Crippen molar-refractivity contribution >= 4 is 15.7 Å². The van der Waals surface area contributed by atoms with Crippen molar-refractivity contribution in [3.8, 4) is 0 Å². The minimum absolute atomic E-state index is 0.00995. The van der Waals surface area contributed by atoms with Gasteiger partial charge >= 0.3 is 0 Å². The number of pyridine rings is 1. The molecule has 4 heterocycles. The van der Waals surface area contributed by atoms with Crippen molar-refractivity contribution in [2.45, 2.75) is 23.9 Å². The highest BCUT2D eigenvalue weighted by Crippen LogP contribution is 2.29. The molecule has 7 nitrogen and oxygen atoms in total. The van der Waals surface area contributed by atoms with Gasteiger partial charge in [-0.1, -0.05) is 6.07 Å². The predicted octanol–water partition coefficient (Wildman–Crippen LogP) is 1.89. The average molecular weight is 332 g/mol. The maximum absolute atomic E-state index is 12.6. The maximum atomic E-state index is 12.6. The number of furan rings is 1. The van der Waals surface area contributed by atoms with Crippen molar-refractivity contribution in [3.05, 3.63) is 48.6 Å². The molecule has 0 saturated carbocycles. The Morgan fingerprint density at radius 2 is 2.09 bits per heavy atom. The van der Waals surface area contributed by atoms with Gasteiger partial charge in [-0.25, -0.2) is 8.42 Å². The second-order valence-electron chi connectivity index (χ2n) is 5.62. The Kier molecular flexibility index (Phi) is 3.42. The average Bonchev–Trinajstić information content (AvgIpc) is 3.25. The minimum Gasteiger partial charge on any atom is -0.452 e. The van der Waals surface area contributed by atoms with Crippen LogP contribution < -0.4 is 0 Å². The summed E-state index contributed by atoms with van der Waals surface area (Å²) in [5.74, 6) is 0.825. The zero-order chi connectivity index (χ0) is 15.9. The van der Waals surface area contributed by atoms with Crippen molar-refractivity contribution in [1.29, 1.82) is 0 Å². The first-order valence-electron chi connectivity index (χ1n) is 7.49. The van der Waals surface area contributed by atoms with Crippen LogP contribution in [0.2, 0.25) is 0 Å². The quantitative estimate of drug-likeness (QED) is 0.731. The summed E-state index contributed by atoms with van der Waals surface area (Å²) in [6.07, 6.45) is 4.96. The number of hydrogen-bond donors (Lipinski definition) is 0. The number of fused-ring (bicyclic) bond motifs is 1. The molecule has 3 aromatic rings. The minimum atomic E-state index is -3.59. The Labute approximate surface area is 133 Å². The highest BCUT2D eigenvalue weighted by molar-refractivity contribution is 7.89. The Hall–Kier alpha value is -2.19. The number of sulfonamides is 1. The lowest BCUT2D eigenvalue weighted by Gasteiger charge is -2.30. The van der Waals surface area contributed by atoms with Gasteiger partial charge in [0.15, 0.2) is 5.65 Å². The van der Waals surface area contributed by atoms with E-state index >= 15 is 0 Å². The van der Waals surface area contributed by atoms with Crippen molar-refractivity contribution in [3.63, 3.8) is 0 Å². The molecule has 3 aromatic heterocycles. The molecule has 23 heavy (non-hydrogen) atoms. The van der Waals surface area contributed by atoms with Crippen LogP contribution in [0.3, 0.4) is 0 Å². The summed E-state index contributed by atoms with van der Waals surface area (Å²) in [6.45, 7) is 0.884. The molecule has 120 valence electrons. The molecule has 1 aliphatic heterocycles. The molecule has 0 N–H and O–H groups in total. The predicted molar refractivity (Wildman–Crippen MR) is 82.4 cm³/mol. The van der Waals surface area contributed by atoms with Crippen molar-refractivity contribution in [2.75, 3.05) is 13.1 Å². The summed E-state index contributed by atoms with van der Waals surface area (Å²) in [7, 11) is -3.59. The van der Waals surface area contributed by atoms with Crippen LogP contribution in [0.25, 0.3) is 5.65 Å². The van der Waals surface area contributed by atoms with Gasteiger partial charge in [0.1, 0.15) is 5.82 Å². The molecule has 4 rings (SSSR count). The van der Waals surface area contributed by atoms with Gasteiger partial charge < -0.3 is 4.42 Å². The lowest BCUT2D eigenvalue weighted by Crippen LogP contribution is -2.39. The van der Waals surface area contributed by atoms with E-state index in [2.05, 4.69) is 10.2 Å². The molecule has 8 heteroatoms. The van der Waals surface area contributed by atoms with Gasteiger partial charge in [-0.15, -0.1) is 10.2 Å². The third kappa shape index (κ3) is 2.43. The van der Waals surface area contributed by atoms with Gasteiger partial charge in [-0.3, -0.25) is 4.40 Å². The van der Waals surface area contributed by atoms with Crippen LogP contribution in [0, 0.1) is 0 Å². The molecule has 0 radical (unpaired) electrons. The molecular formula is C15H16N4O3S. The Morgan fingerprint density at radius 1 is 1.17 bits per heavy atom. The first kappa shape index (κ1) is 14.4. The molecule has 0 amide bonds. The second-order valence-corrected chi connectivity index (χ2v) is 7.49. The van der Waals surface area contributed by atoms with Gasteiger partial charge in [0.2, 0.25) is 5.09 Å². The molecule has 1 fully saturated rings. The Balaban J connectivity index is 1.65. The molecule has 1 saturated heterocycles. The molecule has 0 unspecified atom stereocenters. The fourth-order valence-corrected chi connectivity index (χ4v) is 4.48. The van der Waals surface area contributed by atoms with E-state index in [1.807, 2.05) is 28.8 Å². The van der Waals surface area contributed by atoms with E-state index in [-0.39, 0.29) is 11.0 Å². The van der Waals surface area contributed by atoms with E-state index in [0.717, 1.165) is 24.3 Å². The van der Waals surface area contributed by atoms with Crippen molar-refractivity contribution < 1.29 is 12.8 Å². The van der Waals surface area contributed by atoms with Crippen LogP contribution in [-0.2, 0) is 10.0 Å². The van der Waals surface area contributed by atoms with Crippen molar-refractivity contribution in [1.82, 2.24) is 18.9 Å². The van der Waals surface area contributed by atoms with E-state index in [4.69, 9.17) is 4.42 Å². The first-order valence-corrected chi connectivity index (χ1v) is 8.93. The molecular weight excluding hydrogens is 316 g/mol. The lowest BCUT2D eigenvalue weighted by atomic mass is 9.99. The third-order valence-corrected chi connectivity index (χ3v) is 5.93. The smallest absolute Gasteiger partial charge is 0.276 e. The topological polar surface area (TPSA) is 80.7 Å². The molecule has 0 bridgehead atoms. The fourth-order valence-electron chi connectivity index (χ4n) is 3.05. The maximum Gasteiger partial charge on any atom is 0.276 e. The number of rotatable bonds is 3. The fraction of sp³-hybridized carbons (Fsp3) is 0.333. The summed E-state index contributed by atoms with van der Waals surface area (Å²) < 4.78 is 33.7. The molecule has 0 aliphatic carbocycles. The van der Waals surface area contributed by atoms with E-state index in [0.29, 0.717) is 13.1 Å². The number of hydrogen-bond acceptors (Lipinski definition) is 5. The summed E-state index contributed by atoms with van der Waals surface area (Å²) in [4.78, 5) is 0. The van der Waals surface area contributed by atoms with Gasteiger partial charge in [-0.2, -0.15) is 4.31 Å². The third-order valence-electron chi connectivity index (χ3n) is 4.18. The summed E-state index contributed by atoms with van der Waals surface area (Å²) >= 11 is 0. The molecule has 0 aromatic carbocycles. The molecule has 0 spiro atoms. The SMILES string of the molecule is O=S(=O)(c1ccco1)N1CCC[C@@H](c2nnc3ccccn23)C1. The lowest BCUT2D eigenvalue weighted by molar-refractivity contribution is 0.299. The van der Waals surface area contributed by atoms with Gasteiger partial charge in [-0.05, 0) is 37.1 Å². The standard InChI is InChI=1S/C15H16N4O3S/c20-23(21,14-7-4-10-22-14)18-8-3-5-12(11-18)15-17-16-13-6-1-2-9-19(13)15/h1-2,4,6-7,9-10,12H,3,5,8,11H2/t12-/m1/s1. The summed E-state index contributed by atoms with van der Waals surface area (Å²) in [5.41, 5.74) is 0.772. The van der Waals surface area contributed by atoms with Gasteiger partial charge in [0.05, 0.1) is 6.26 Å². The second kappa shape index (κ2) is 5.47. The van der Waals surface area contributed by atoms with Gasteiger partial charge in [0, 0.05) is 25.2 Å². The zero-order valence-corrected chi connectivity index (χ0v) is 13.2. The highest BCUT2D eigenvalue weighted by Gasteiger charge is 2.34. The number of piperidine rings is 1. The summed E-state index contributed by atoms with van der Waals surface area (Å²) in [5, 5.41) is 8.41. The molecule has 1 atom stereocenters. The van der Waals surface area contributed by atoms with Crippen LogP contribution in [0.5, 0.6) is 0 Å². The largest absolute Gasteiger partial charge is 0.452 e. The van der Waals surface area contributed by atoms with Gasteiger partial charge in [0.25, 0.3) is 10.0 Å². The summed E-state index contributed by atoms with van der Waals surface area (Å²) in [6, 6.07) is 8.77. The van der Waals surface area contributed by atoms with E-state index in [9.17, 15) is 8.42 Å². The van der Waals surface area contributed by atoms with Crippen LogP contribution in [-0.4, -0.2) is 40.4 Å². The number of nitrogens with zero attached hydrogens (tertiary/aromatic N) is 4.